The number of benzene rings is 2. The van der Waals surface area contributed by atoms with E-state index < -0.39 is 17.8 Å². The first-order valence-corrected chi connectivity index (χ1v) is 8.90. The largest absolute Gasteiger partial charge is 0.484 e. The Morgan fingerprint density at radius 1 is 1.19 bits per heavy atom. The summed E-state index contributed by atoms with van der Waals surface area (Å²) in [5, 5.41) is 3.39. The van der Waals surface area contributed by atoms with E-state index in [1.54, 1.807) is 25.1 Å². The van der Waals surface area contributed by atoms with Crippen molar-refractivity contribution in [2.75, 3.05) is 13.7 Å². The van der Waals surface area contributed by atoms with E-state index in [0.29, 0.717) is 21.4 Å². The number of halogens is 3. The van der Waals surface area contributed by atoms with Crippen LogP contribution in [-0.4, -0.2) is 36.4 Å². The van der Waals surface area contributed by atoms with Gasteiger partial charge in [-0.2, -0.15) is 0 Å². The summed E-state index contributed by atoms with van der Waals surface area (Å²) in [4.78, 5) is 26.1. The molecule has 0 aliphatic rings. The van der Waals surface area contributed by atoms with Crippen molar-refractivity contribution in [2.24, 2.45) is 0 Å². The lowest BCUT2D eigenvalue weighted by atomic mass is 10.1. The van der Waals surface area contributed by atoms with Crippen LogP contribution in [-0.2, 0) is 16.1 Å². The SMILES string of the molecule is CNC(=O)C(C)N(Cc1ccc(Cl)cc1Cl)C(=O)COc1ccc(F)cc1. The molecule has 2 aromatic rings. The maximum absolute atomic E-state index is 13.0. The molecule has 144 valence electrons. The van der Waals surface area contributed by atoms with Crippen LogP contribution in [0, 0.1) is 5.82 Å². The molecule has 0 aliphatic heterocycles. The van der Waals surface area contributed by atoms with Crippen LogP contribution in [0.1, 0.15) is 12.5 Å². The van der Waals surface area contributed by atoms with Gasteiger partial charge in [0, 0.05) is 23.6 Å². The smallest absolute Gasteiger partial charge is 0.261 e. The first-order chi connectivity index (χ1) is 12.8. The van der Waals surface area contributed by atoms with Gasteiger partial charge in [0.25, 0.3) is 5.91 Å². The average Bonchev–Trinajstić information content (AvgIpc) is 2.65. The Balaban J connectivity index is 2.16. The number of hydrogen-bond donors (Lipinski definition) is 1. The number of amides is 2. The Morgan fingerprint density at radius 2 is 1.85 bits per heavy atom. The van der Waals surface area contributed by atoms with Crippen molar-refractivity contribution in [1.82, 2.24) is 10.2 Å². The van der Waals surface area contributed by atoms with E-state index in [1.807, 2.05) is 0 Å². The van der Waals surface area contributed by atoms with Gasteiger partial charge in [-0.3, -0.25) is 9.59 Å². The van der Waals surface area contributed by atoms with Gasteiger partial charge in [0.2, 0.25) is 5.91 Å². The second-order valence-corrected chi connectivity index (χ2v) is 6.63. The predicted octanol–water partition coefficient (Wildman–Crippen LogP) is 3.67. The van der Waals surface area contributed by atoms with Crippen LogP contribution in [0.4, 0.5) is 4.39 Å². The molecule has 1 N–H and O–H groups in total. The summed E-state index contributed by atoms with van der Waals surface area (Å²) >= 11 is 12.1. The number of likely N-dealkylation sites (N-methyl/N-ethyl adjacent to an activating group) is 1. The number of rotatable bonds is 7. The summed E-state index contributed by atoms with van der Waals surface area (Å²) in [6.07, 6.45) is 0. The van der Waals surface area contributed by atoms with E-state index in [4.69, 9.17) is 27.9 Å². The molecule has 0 aromatic heterocycles. The number of carbonyl (C=O) groups is 2. The summed E-state index contributed by atoms with van der Waals surface area (Å²) in [6.45, 7) is 1.41. The highest BCUT2D eigenvalue weighted by Crippen LogP contribution is 2.23. The first kappa shape index (κ1) is 21.0. The van der Waals surface area contributed by atoms with E-state index in [0.717, 1.165) is 0 Å². The second kappa shape index (κ2) is 9.58. The van der Waals surface area contributed by atoms with Crippen LogP contribution in [0.3, 0.4) is 0 Å². The van der Waals surface area contributed by atoms with Crippen molar-refractivity contribution >= 4 is 35.0 Å². The topological polar surface area (TPSA) is 58.6 Å². The van der Waals surface area contributed by atoms with Gasteiger partial charge < -0.3 is 15.0 Å². The maximum Gasteiger partial charge on any atom is 0.261 e. The van der Waals surface area contributed by atoms with E-state index >= 15 is 0 Å². The number of carbonyl (C=O) groups excluding carboxylic acids is 2. The number of nitrogens with one attached hydrogen (secondary N) is 1. The summed E-state index contributed by atoms with van der Waals surface area (Å²) in [5.41, 5.74) is 0.645. The van der Waals surface area contributed by atoms with Gasteiger partial charge in [0.15, 0.2) is 6.61 Å². The minimum absolute atomic E-state index is 0.107. The normalized spacial score (nSPS) is 11.6. The van der Waals surface area contributed by atoms with Crippen LogP contribution in [0.15, 0.2) is 42.5 Å². The minimum atomic E-state index is -0.744. The molecular weight excluding hydrogens is 394 g/mol. The van der Waals surface area contributed by atoms with Crippen LogP contribution in [0.5, 0.6) is 5.75 Å². The van der Waals surface area contributed by atoms with Crippen molar-refractivity contribution in [3.05, 3.63) is 63.9 Å². The van der Waals surface area contributed by atoms with Crippen LogP contribution < -0.4 is 10.1 Å². The molecule has 27 heavy (non-hydrogen) atoms. The number of nitrogens with zero attached hydrogens (tertiary/aromatic N) is 1. The van der Waals surface area contributed by atoms with Crippen molar-refractivity contribution in [3.63, 3.8) is 0 Å². The van der Waals surface area contributed by atoms with Crippen LogP contribution >= 0.6 is 23.2 Å². The molecule has 5 nitrogen and oxygen atoms in total. The summed E-state index contributed by atoms with van der Waals surface area (Å²) in [5.74, 6) is -0.792. The molecule has 0 bridgehead atoms. The maximum atomic E-state index is 13.0. The third-order valence-electron chi connectivity index (χ3n) is 3.95. The fourth-order valence-corrected chi connectivity index (χ4v) is 2.85. The van der Waals surface area contributed by atoms with Crippen LogP contribution in [0.2, 0.25) is 10.0 Å². The molecule has 0 heterocycles. The Morgan fingerprint density at radius 3 is 2.44 bits per heavy atom. The zero-order valence-electron chi connectivity index (χ0n) is 14.8. The monoisotopic (exact) mass is 412 g/mol. The molecule has 0 radical (unpaired) electrons. The Hall–Kier alpha value is -2.31. The van der Waals surface area contributed by atoms with Gasteiger partial charge in [0.05, 0.1) is 0 Å². The average molecular weight is 413 g/mol. The third kappa shape index (κ3) is 5.84. The number of ether oxygens (including phenoxy) is 1. The van der Waals surface area contributed by atoms with Crippen molar-refractivity contribution in [1.29, 1.82) is 0 Å². The minimum Gasteiger partial charge on any atom is -0.484 e. The highest BCUT2D eigenvalue weighted by molar-refractivity contribution is 6.35. The lowest BCUT2D eigenvalue weighted by Gasteiger charge is -2.28. The quantitative estimate of drug-likeness (QED) is 0.754. The Bertz CT molecular complexity index is 815. The molecule has 2 aromatic carbocycles. The molecule has 8 heteroatoms. The van der Waals surface area contributed by atoms with Gasteiger partial charge in [0.1, 0.15) is 17.6 Å². The zero-order valence-corrected chi connectivity index (χ0v) is 16.4. The summed E-state index contributed by atoms with van der Waals surface area (Å²) in [7, 11) is 1.49. The number of hydrogen-bond acceptors (Lipinski definition) is 3. The second-order valence-electron chi connectivity index (χ2n) is 5.79. The molecule has 2 rings (SSSR count). The van der Waals surface area contributed by atoms with E-state index in [2.05, 4.69) is 5.32 Å². The predicted molar refractivity (Wildman–Crippen MR) is 102 cm³/mol. The molecule has 0 spiro atoms. The Labute approximate surface area is 167 Å². The van der Waals surface area contributed by atoms with Gasteiger partial charge in [-0.1, -0.05) is 29.3 Å². The van der Waals surface area contributed by atoms with Gasteiger partial charge in [-0.15, -0.1) is 0 Å². The molecular formula is C19H19Cl2FN2O3. The molecule has 0 aliphatic carbocycles. The van der Waals surface area contributed by atoms with Gasteiger partial charge >= 0.3 is 0 Å². The highest BCUT2D eigenvalue weighted by Gasteiger charge is 2.26. The molecule has 2 amide bonds. The molecule has 0 saturated heterocycles. The van der Waals surface area contributed by atoms with Gasteiger partial charge in [-0.25, -0.2) is 4.39 Å². The highest BCUT2D eigenvalue weighted by atomic mass is 35.5. The zero-order chi connectivity index (χ0) is 20.0. The molecule has 1 atom stereocenters. The Kier molecular flexibility index (Phi) is 7.45. The fraction of sp³-hybridized carbons (Fsp3) is 0.263. The summed E-state index contributed by atoms with van der Waals surface area (Å²) < 4.78 is 18.4. The first-order valence-electron chi connectivity index (χ1n) is 8.15. The van der Waals surface area contributed by atoms with E-state index in [9.17, 15) is 14.0 Å². The lowest BCUT2D eigenvalue weighted by molar-refractivity contribution is -0.142. The van der Waals surface area contributed by atoms with Crippen molar-refractivity contribution in [2.45, 2.75) is 19.5 Å². The standard InChI is InChI=1S/C19H19Cl2FN2O3/c1-12(19(26)23-2)24(10-13-3-4-14(20)9-17(13)21)18(25)11-27-16-7-5-15(22)6-8-16/h3-9,12H,10-11H2,1-2H3,(H,23,26). The van der Waals surface area contributed by atoms with Crippen molar-refractivity contribution in [3.8, 4) is 5.75 Å². The lowest BCUT2D eigenvalue weighted by Crippen LogP contribution is -2.48. The summed E-state index contributed by atoms with van der Waals surface area (Å²) in [6, 6.07) is 9.49. The molecule has 0 fully saturated rings. The van der Waals surface area contributed by atoms with Gasteiger partial charge in [-0.05, 0) is 48.9 Å². The van der Waals surface area contributed by atoms with Crippen LogP contribution in [0.25, 0.3) is 0 Å². The fourth-order valence-electron chi connectivity index (χ4n) is 2.38. The van der Waals surface area contributed by atoms with E-state index in [1.165, 1.54) is 36.2 Å². The van der Waals surface area contributed by atoms with Crippen molar-refractivity contribution < 1.29 is 18.7 Å². The molecule has 1 unspecified atom stereocenters. The molecule has 0 saturated carbocycles. The van der Waals surface area contributed by atoms with E-state index in [-0.39, 0.29) is 19.1 Å². The third-order valence-corrected chi connectivity index (χ3v) is 4.53.